The van der Waals surface area contributed by atoms with Crippen molar-refractivity contribution in [2.45, 2.75) is 51.7 Å². The average molecular weight is 384 g/mol. The van der Waals surface area contributed by atoms with Gasteiger partial charge in [-0.25, -0.2) is 4.98 Å². The molecule has 1 N–H and O–H groups in total. The van der Waals surface area contributed by atoms with Gasteiger partial charge in [-0.1, -0.05) is 25.1 Å². The number of ether oxygens (including phenoxy) is 3. The van der Waals surface area contributed by atoms with Crippen molar-refractivity contribution in [3.63, 3.8) is 0 Å². The molecule has 0 bridgehead atoms. The Morgan fingerprint density at radius 3 is 2.89 bits per heavy atom. The third-order valence-corrected chi connectivity index (χ3v) is 4.56. The summed E-state index contributed by atoms with van der Waals surface area (Å²) in [4.78, 5) is 16.5. The van der Waals surface area contributed by atoms with Crippen LogP contribution in [0.1, 0.15) is 44.6 Å². The van der Waals surface area contributed by atoms with Crippen LogP contribution < -0.4 is 14.8 Å². The van der Waals surface area contributed by atoms with E-state index in [0.29, 0.717) is 37.0 Å². The number of nitrogens with zero attached hydrogens (tertiary/aromatic N) is 1. The zero-order chi connectivity index (χ0) is 19.6. The van der Waals surface area contributed by atoms with Crippen molar-refractivity contribution in [1.82, 2.24) is 10.3 Å². The van der Waals surface area contributed by atoms with E-state index < -0.39 is 0 Å². The number of pyridine rings is 1. The molecule has 0 spiro atoms. The van der Waals surface area contributed by atoms with Gasteiger partial charge < -0.3 is 19.5 Å². The van der Waals surface area contributed by atoms with E-state index >= 15 is 0 Å². The molecule has 6 heteroatoms. The molecule has 1 saturated heterocycles. The van der Waals surface area contributed by atoms with E-state index in [1.54, 1.807) is 6.20 Å². The van der Waals surface area contributed by atoms with Crippen molar-refractivity contribution < 1.29 is 19.0 Å². The smallest absolute Gasteiger partial charge is 0.224 e. The van der Waals surface area contributed by atoms with Gasteiger partial charge in [0, 0.05) is 31.3 Å². The second-order valence-electron chi connectivity index (χ2n) is 6.82. The maximum atomic E-state index is 12.2. The number of hydrogen-bond acceptors (Lipinski definition) is 5. The van der Waals surface area contributed by atoms with Crippen LogP contribution >= 0.6 is 0 Å². The summed E-state index contributed by atoms with van der Waals surface area (Å²) in [5.74, 6) is 1.77. The van der Waals surface area contributed by atoms with Gasteiger partial charge in [-0.05, 0) is 43.9 Å². The number of carbonyl (C=O) groups is 1. The zero-order valence-electron chi connectivity index (χ0n) is 16.4. The third-order valence-electron chi connectivity index (χ3n) is 4.56. The molecule has 1 unspecified atom stereocenters. The summed E-state index contributed by atoms with van der Waals surface area (Å²) in [6.07, 6.45) is 6.19. The Hall–Kier alpha value is -2.60. The van der Waals surface area contributed by atoms with Crippen molar-refractivity contribution in [2.24, 2.45) is 0 Å². The first-order valence-corrected chi connectivity index (χ1v) is 9.98. The van der Waals surface area contributed by atoms with Crippen LogP contribution in [0.2, 0.25) is 0 Å². The molecule has 1 aliphatic heterocycles. The fraction of sp³-hybridized carbons (Fsp3) is 0.455. The van der Waals surface area contributed by atoms with Crippen LogP contribution in [-0.2, 0) is 16.1 Å². The normalized spacial score (nSPS) is 16.0. The van der Waals surface area contributed by atoms with Gasteiger partial charge >= 0.3 is 0 Å². The third kappa shape index (κ3) is 5.96. The molecule has 2 aromatic rings. The first kappa shape index (κ1) is 20.1. The Morgan fingerprint density at radius 1 is 1.25 bits per heavy atom. The van der Waals surface area contributed by atoms with Gasteiger partial charge in [0.25, 0.3) is 0 Å². The number of amides is 1. The van der Waals surface area contributed by atoms with E-state index in [1.807, 2.05) is 36.4 Å². The number of rotatable bonds is 10. The number of carbonyl (C=O) groups excluding carboxylic acids is 1. The Morgan fingerprint density at radius 2 is 2.11 bits per heavy atom. The highest BCUT2D eigenvalue weighted by atomic mass is 16.5. The zero-order valence-corrected chi connectivity index (χ0v) is 16.4. The van der Waals surface area contributed by atoms with Crippen LogP contribution in [0.15, 0.2) is 42.6 Å². The lowest BCUT2D eigenvalue weighted by Gasteiger charge is -2.14. The van der Waals surface area contributed by atoms with Crippen LogP contribution in [-0.4, -0.2) is 30.2 Å². The van der Waals surface area contributed by atoms with Gasteiger partial charge in [0.15, 0.2) is 11.5 Å². The fourth-order valence-electron chi connectivity index (χ4n) is 3.07. The SMILES string of the molecule is CCCOc1ccccc1Oc1ncccc1CNC(=O)CCC1CCCO1. The second-order valence-corrected chi connectivity index (χ2v) is 6.82. The lowest BCUT2D eigenvalue weighted by molar-refractivity contribution is -0.121. The van der Waals surface area contributed by atoms with Crippen LogP contribution in [0, 0.1) is 0 Å². The molecule has 1 aromatic heterocycles. The molecule has 1 atom stereocenters. The van der Waals surface area contributed by atoms with Gasteiger partial charge in [-0.2, -0.15) is 0 Å². The molecule has 0 radical (unpaired) electrons. The maximum absolute atomic E-state index is 12.2. The summed E-state index contributed by atoms with van der Waals surface area (Å²) >= 11 is 0. The van der Waals surface area contributed by atoms with Crippen molar-refractivity contribution in [1.29, 1.82) is 0 Å². The van der Waals surface area contributed by atoms with Gasteiger partial charge in [-0.15, -0.1) is 0 Å². The topological polar surface area (TPSA) is 69.7 Å². The molecule has 28 heavy (non-hydrogen) atoms. The predicted octanol–water partition coefficient (Wildman–Crippen LogP) is 4.24. The van der Waals surface area contributed by atoms with Crippen molar-refractivity contribution in [2.75, 3.05) is 13.2 Å². The highest BCUT2D eigenvalue weighted by molar-refractivity contribution is 5.75. The standard InChI is InChI=1S/C22H28N2O4/c1-2-14-27-19-9-3-4-10-20(19)28-22-17(7-5-13-23-22)16-24-21(25)12-11-18-8-6-15-26-18/h3-5,7,9-10,13,18H,2,6,8,11-12,14-16H2,1H3,(H,24,25). The molecule has 0 aliphatic carbocycles. The van der Waals surface area contributed by atoms with Crippen LogP contribution in [0.3, 0.4) is 0 Å². The van der Waals surface area contributed by atoms with E-state index in [1.165, 1.54) is 0 Å². The summed E-state index contributed by atoms with van der Waals surface area (Å²) in [6, 6.07) is 11.3. The molecule has 0 saturated carbocycles. The van der Waals surface area contributed by atoms with Gasteiger partial charge in [0.1, 0.15) is 0 Å². The Bertz CT molecular complexity index is 760. The first-order chi connectivity index (χ1) is 13.8. The summed E-state index contributed by atoms with van der Waals surface area (Å²) < 4.78 is 17.3. The van der Waals surface area contributed by atoms with Crippen molar-refractivity contribution in [3.05, 3.63) is 48.2 Å². The molecular formula is C22H28N2O4. The van der Waals surface area contributed by atoms with E-state index in [9.17, 15) is 4.79 Å². The molecule has 3 rings (SSSR count). The summed E-state index contributed by atoms with van der Waals surface area (Å²) in [5.41, 5.74) is 0.818. The number of hydrogen-bond donors (Lipinski definition) is 1. The van der Waals surface area contributed by atoms with Gasteiger partial charge in [0.2, 0.25) is 11.8 Å². The summed E-state index contributed by atoms with van der Waals surface area (Å²) in [6.45, 7) is 3.86. The van der Waals surface area contributed by atoms with E-state index in [2.05, 4.69) is 17.2 Å². The monoisotopic (exact) mass is 384 g/mol. The van der Waals surface area contributed by atoms with Gasteiger partial charge in [0.05, 0.1) is 12.7 Å². The first-order valence-electron chi connectivity index (χ1n) is 9.98. The van der Waals surface area contributed by atoms with Crippen LogP contribution in [0.4, 0.5) is 0 Å². The number of aromatic nitrogens is 1. The molecule has 1 fully saturated rings. The minimum absolute atomic E-state index is 0.0111. The number of benzene rings is 1. The van der Waals surface area contributed by atoms with E-state index in [0.717, 1.165) is 37.9 Å². The molecule has 1 aliphatic rings. The highest BCUT2D eigenvalue weighted by Gasteiger charge is 2.17. The Balaban J connectivity index is 1.58. The minimum Gasteiger partial charge on any atom is -0.490 e. The van der Waals surface area contributed by atoms with Crippen molar-refractivity contribution in [3.8, 4) is 17.4 Å². The Labute approximate surface area is 166 Å². The Kier molecular flexibility index (Phi) is 7.67. The van der Waals surface area contributed by atoms with Crippen LogP contribution in [0.25, 0.3) is 0 Å². The number of nitrogens with one attached hydrogen (secondary N) is 1. The predicted molar refractivity (Wildman–Crippen MR) is 107 cm³/mol. The molecule has 6 nitrogen and oxygen atoms in total. The minimum atomic E-state index is 0.0111. The molecule has 1 amide bonds. The molecule has 2 heterocycles. The molecular weight excluding hydrogens is 356 g/mol. The lowest BCUT2D eigenvalue weighted by atomic mass is 10.1. The van der Waals surface area contributed by atoms with Crippen molar-refractivity contribution >= 4 is 5.91 Å². The number of para-hydroxylation sites is 2. The molecule has 1 aromatic carbocycles. The average Bonchev–Trinajstić information content (AvgIpc) is 3.24. The van der Waals surface area contributed by atoms with Gasteiger partial charge in [-0.3, -0.25) is 4.79 Å². The summed E-state index contributed by atoms with van der Waals surface area (Å²) in [7, 11) is 0. The maximum Gasteiger partial charge on any atom is 0.224 e. The molecule has 150 valence electrons. The highest BCUT2D eigenvalue weighted by Crippen LogP contribution is 2.31. The van der Waals surface area contributed by atoms with E-state index in [-0.39, 0.29) is 12.0 Å². The summed E-state index contributed by atoms with van der Waals surface area (Å²) in [5, 5.41) is 2.95. The fourth-order valence-corrected chi connectivity index (χ4v) is 3.07. The van der Waals surface area contributed by atoms with Crippen LogP contribution in [0.5, 0.6) is 17.4 Å². The second kappa shape index (κ2) is 10.7. The quantitative estimate of drug-likeness (QED) is 0.664. The lowest BCUT2D eigenvalue weighted by Crippen LogP contribution is -2.24. The largest absolute Gasteiger partial charge is 0.490 e. The van der Waals surface area contributed by atoms with E-state index in [4.69, 9.17) is 14.2 Å².